The van der Waals surface area contributed by atoms with Gasteiger partial charge in [-0.3, -0.25) is 4.79 Å². The van der Waals surface area contributed by atoms with Gasteiger partial charge in [-0.2, -0.15) is 0 Å². The first-order chi connectivity index (χ1) is 7.96. The Morgan fingerprint density at radius 1 is 1.24 bits per heavy atom. The van der Waals surface area contributed by atoms with E-state index >= 15 is 0 Å². The Hall–Kier alpha value is -0.530. The number of hydrogen-bond acceptors (Lipinski definition) is 2. The molecule has 2 rings (SSSR count). The summed E-state index contributed by atoms with van der Waals surface area (Å²) in [5, 5.41) is 0. The number of rotatable bonds is 5. The van der Waals surface area contributed by atoms with Crippen LogP contribution in [0.3, 0.4) is 0 Å². The first-order valence-corrected chi connectivity index (χ1v) is 7.04. The fraction of sp³-hybridized carbons (Fsp3) is 0.933. The summed E-state index contributed by atoms with van der Waals surface area (Å²) < 4.78 is 5.02. The van der Waals surface area contributed by atoms with Crippen LogP contribution in [0.15, 0.2) is 0 Å². The van der Waals surface area contributed by atoms with Gasteiger partial charge >= 0.3 is 5.97 Å². The molecule has 98 valence electrons. The Kier molecular flexibility index (Phi) is 3.04. The molecule has 2 fully saturated rings. The fourth-order valence-corrected chi connectivity index (χ4v) is 4.24. The molecular formula is C15H26O2. The quantitative estimate of drug-likeness (QED) is 0.535. The number of fused-ring (bicyclic) bond motifs is 1. The van der Waals surface area contributed by atoms with Crippen molar-refractivity contribution in [2.75, 3.05) is 7.11 Å². The van der Waals surface area contributed by atoms with Crippen molar-refractivity contribution in [2.24, 2.45) is 16.2 Å². The third-order valence-corrected chi connectivity index (χ3v) is 5.93. The molecule has 17 heavy (non-hydrogen) atoms. The zero-order valence-electron chi connectivity index (χ0n) is 11.8. The van der Waals surface area contributed by atoms with Crippen molar-refractivity contribution in [1.29, 1.82) is 0 Å². The van der Waals surface area contributed by atoms with Crippen LogP contribution in [0.5, 0.6) is 0 Å². The van der Waals surface area contributed by atoms with Crippen molar-refractivity contribution in [3.8, 4) is 0 Å². The second-order valence-electron chi connectivity index (χ2n) is 6.60. The Morgan fingerprint density at radius 2 is 1.94 bits per heavy atom. The molecular weight excluding hydrogens is 212 g/mol. The van der Waals surface area contributed by atoms with E-state index in [9.17, 15) is 4.79 Å². The maximum Gasteiger partial charge on any atom is 0.312 e. The van der Waals surface area contributed by atoms with Gasteiger partial charge in [-0.25, -0.2) is 0 Å². The summed E-state index contributed by atoms with van der Waals surface area (Å²) in [6.45, 7) is 6.94. The molecule has 3 atom stereocenters. The van der Waals surface area contributed by atoms with Gasteiger partial charge < -0.3 is 4.74 Å². The van der Waals surface area contributed by atoms with Crippen molar-refractivity contribution in [3.05, 3.63) is 0 Å². The van der Waals surface area contributed by atoms with E-state index in [2.05, 4.69) is 20.8 Å². The first-order valence-electron chi connectivity index (χ1n) is 7.04. The zero-order chi connectivity index (χ0) is 12.7. The van der Waals surface area contributed by atoms with Gasteiger partial charge in [0, 0.05) is 0 Å². The number of methoxy groups -OCH3 is 1. The molecule has 0 aromatic rings. The molecule has 0 spiro atoms. The molecule has 0 amide bonds. The first kappa shape index (κ1) is 12.9. The minimum Gasteiger partial charge on any atom is -0.469 e. The molecule has 0 aromatic heterocycles. The molecule has 2 heteroatoms. The van der Waals surface area contributed by atoms with E-state index in [1.54, 1.807) is 0 Å². The third kappa shape index (κ3) is 1.56. The monoisotopic (exact) mass is 238 g/mol. The summed E-state index contributed by atoms with van der Waals surface area (Å²) in [5.41, 5.74) is 0.444. The van der Waals surface area contributed by atoms with E-state index in [1.807, 2.05) is 0 Å². The van der Waals surface area contributed by atoms with Gasteiger partial charge in [0.15, 0.2) is 0 Å². The van der Waals surface area contributed by atoms with Crippen LogP contribution >= 0.6 is 0 Å². The predicted molar refractivity (Wildman–Crippen MR) is 68.7 cm³/mol. The van der Waals surface area contributed by atoms with Crippen LogP contribution in [0.1, 0.15) is 65.7 Å². The highest BCUT2D eigenvalue weighted by molar-refractivity contribution is 5.82. The largest absolute Gasteiger partial charge is 0.469 e. The van der Waals surface area contributed by atoms with E-state index in [0.29, 0.717) is 5.41 Å². The highest BCUT2D eigenvalue weighted by atomic mass is 16.5. The lowest BCUT2D eigenvalue weighted by Crippen LogP contribution is -2.27. The van der Waals surface area contributed by atoms with Crippen molar-refractivity contribution in [2.45, 2.75) is 65.7 Å². The molecule has 0 aromatic carbocycles. The molecule has 2 saturated carbocycles. The van der Waals surface area contributed by atoms with Crippen LogP contribution in [0.4, 0.5) is 0 Å². The van der Waals surface area contributed by atoms with Crippen LogP contribution in [-0.4, -0.2) is 13.1 Å². The highest BCUT2D eigenvalue weighted by Gasteiger charge is 2.79. The summed E-state index contributed by atoms with van der Waals surface area (Å²) in [6.07, 6.45) is 8.46. The molecule has 3 unspecified atom stereocenters. The van der Waals surface area contributed by atoms with E-state index in [4.69, 9.17) is 4.74 Å². The number of carbonyl (C=O) groups is 1. The fourth-order valence-electron chi connectivity index (χ4n) is 4.24. The van der Waals surface area contributed by atoms with Crippen molar-refractivity contribution in [1.82, 2.24) is 0 Å². The summed E-state index contributed by atoms with van der Waals surface area (Å²) >= 11 is 0. The number of carbonyl (C=O) groups excluding carboxylic acids is 1. The molecule has 2 nitrogen and oxygen atoms in total. The lowest BCUT2D eigenvalue weighted by Gasteiger charge is -2.33. The predicted octanol–water partition coefficient (Wildman–Crippen LogP) is 3.94. The number of hydrogen-bond donors (Lipinski definition) is 0. The van der Waals surface area contributed by atoms with Crippen molar-refractivity contribution < 1.29 is 9.53 Å². The normalized spacial score (nSPS) is 43.3. The van der Waals surface area contributed by atoms with Gasteiger partial charge in [0.1, 0.15) is 0 Å². The molecule has 0 N–H and O–H groups in total. The molecule has 2 aliphatic rings. The SMILES string of the molecule is CCCCCC1(C)CCC2(C(=O)OC)CC12C. The van der Waals surface area contributed by atoms with E-state index in [-0.39, 0.29) is 16.8 Å². The summed E-state index contributed by atoms with van der Waals surface area (Å²) in [6, 6.07) is 0. The van der Waals surface area contributed by atoms with Crippen LogP contribution in [0.25, 0.3) is 0 Å². The van der Waals surface area contributed by atoms with Gasteiger partial charge in [-0.05, 0) is 36.5 Å². The van der Waals surface area contributed by atoms with Crippen LogP contribution < -0.4 is 0 Å². The van der Waals surface area contributed by atoms with Gasteiger partial charge in [0.05, 0.1) is 12.5 Å². The van der Waals surface area contributed by atoms with E-state index < -0.39 is 0 Å². The standard InChI is InChI=1S/C15H26O2/c1-5-6-7-8-13(2)9-10-15(12(16)17-4)11-14(13,15)3/h5-11H2,1-4H3. The van der Waals surface area contributed by atoms with E-state index in [0.717, 1.165) is 12.8 Å². The lowest BCUT2D eigenvalue weighted by molar-refractivity contribution is -0.148. The minimum atomic E-state index is -0.122. The Morgan fingerprint density at radius 3 is 2.47 bits per heavy atom. The lowest BCUT2D eigenvalue weighted by atomic mass is 9.71. The van der Waals surface area contributed by atoms with Crippen LogP contribution in [0, 0.1) is 16.2 Å². The molecule has 2 aliphatic carbocycles. The maximum atomic E-state index is 12.0. The van der Waals surface area contributed by atoms with Crippen molar-refractivity contribution in [3.63, 3.8) is 0 Å². The van der Waals surface area contributed by atoms with Gasteiger partial charge in [0.25, 0.3) is 0 Å². The van der Waals surface area contributed by atoms with E-state index in [1.165, 1.54) is 39.2 Å². The second-order valence-corrected chi connectivity index (χ2v) is 6.60. The highest BCUT2D eigenvalue weighted by Crippen LogP contribution is 2.81. The van der Waals surface area contributed by atoms with Gasteiger partial charge in [-0.15, -0.1) is 0 Å². The average molecular weight is 238 g/mol. The molecule has 0 radical (unpaired) electrons. The summed E-state index contributed by atoms with van der Waals surface area (Å²) in [4.78, 5) is 12.0. The molecule has 0 heterocycles. The molecule has 0 bridgehead atoms. The number of ether oxygens (including phenoxy) is 1. The molecule has 0 saturated heterocycles. The second kappa shape index (κ2) is 4.00. The smallest absolute Gasteiger partial charge is 0.312 e. The van der Waals surface area contributed by atoms with Gasteiger partial charge in [-0.1, -0.05) is 40.0 Å². The minimum absolute atomic E-state index is 0.0409. The number of esters is 1. The average Bonchev–Trinajstić information content (AvgIpc) is 2.89. The Balaban J connectivity index is 2.07. The zero-order valence-corrected chi connectivity index (χ0v) is 11.8. The topological polar surface area (TPSA) is 26.3 Å². The van der Waals surface area contributed by atoms with Crippen molar-refractivity contribution >= 4 is 5.97 Å². The maximum absolute atomic E-state index is 12.0. The summed E-state index contributed by atoms with van der Waals surface area (Å²) in [5.74, 6) is 0.0409. The summed E-state index contributed by atoms with van der Waals surface area (Å²) in [7, 11) is 1.53. The Labute approximate surface area is 105 Å². The number of unbranched alkanes of at least 4 members (excludes halogenated alkanes) is 2. The third-order valence-electron chi connectivity index (χ3n) is 5.93. The van der Waals surface area contributed by atoms with Gasteiger partial charge in [0.2, 0.25) is 0 Å². The van der Waals surface area contributed by atoms with Crippen LogP contribution in [-0.2, 0) is 9.53 Å². The Bertz CT molecular complexity index is 321. The molecule has 0 aliphatic heterocycles. The van der Waals surface area contributed by atoms with Crippen LogP contribution in [0.2, 0.25) is 0 Å².